The van der Waals surface area contributed by atoms with Crippen LogP contribution in [0, 0.1) is 12.5 Å². The van der Waals surface area contributed by atoms with Gasteiger partial charge in [-0.25, -0.2) is 9.83 Å². The molecule has 0 spiro atoms. The molecule has 1 fully saturated rings. The Balaban J connectivity index is 1.38. The van der Waals surface area contributed by atoms with Gasteiger partial charge in [0.2, 0.25) is 0 Å². The predicted octanol–water partition coefficient (Wildman–Crippen LogP) is 7.16. The first-order valence-corrected chi connectivity index (χ1v) is 12.7. The Morgan fingerprint density at radius 3 is 1.95 bits per heavy atom. The lowest BCUT2D eigenvalue weighted by atomic mass is 9.77. The van der Waals surface area contributed by atoms with Crippen LogP contribution in [0.15, 0.2) is 122 Å². The van der Waals surface area contributed by atoms with Gasteiger partial charge in [-0.3, -0.25) is 0 Å². The molecule has 1 saturated carbocycles. The van der Waals surface area contributed by atoms with Gasteiger partial charge in [-0.1, -0.05) is 97.1 Å². The van der Waals surface area contributed by atoms with Crippen molar-refractivity contribution in [3.8, 4) is 5.75 Å². The molecule has 3 atom stereocenters. The number of aromatic nitrogens is 2. The maximum absolute atomic E-state index is 7.44. The van der Waals surface area contributed by atoms with Gasteiger partial charge < -0.3 is 9.30 Å². The third-order valence-corrected chi connectivity index (χ3v) is 7.99. The second kappa shape index (κ2) is 8.50. The van der Waals surface area contributed by atoms with Gasteiger partial charge in [0.15, 0.2) is 5.69 Å². The normalized spacial score (nSPS) is 19.7. The summed E-state index contributed by atoms with van der Waals surface area (Å²) in [4.78, 5) is 8.65. The van der Waals surface area contributed by atoms with Crippen molar-refractivity contribution in [3.63, 3.8) is 0 Å². The number of ether oxygens (including phenoxy) is 1. The van der Waals surface area contributed by atoms with E-state index in [-0.39, 0.29) is 5.92 Å². The van der Waals surface area contributed by atoms with E-state index in [2.05, 4.69) is 107 Å². The van der Waals surface area contributed by atoms with Crippen LogP contribution in [0.3, 0.4) is 0 Å². The van der Waals surface area contributed by atoms with Gasteiger partial charge in [-0.2, -0.15) is 0 Å². The minimum Gasteiger partial charge on any atom is -0.493 e. The highest BCUT2D eigenvalue weighted by Crippen LogP contribution is 2.64. The fraction of sp³-hybridized carbons (Fsp3) is 0.152. The van der Waals surface area contributed by atoms with Gasteiger partial charge in [0.05, 0.1) is 25.2 Å². The summed E-state index contributed by atoms with van der Waals surface area (Å²) in [5.74, 6) is 1.91. The van der Waals surface area contributed by atoms with Crippen LogP contribution in [0.25, 0.3) is 4.85 Å². The summed E-state index contributed by atoms with van der Waals surface area (Å²) in [6, 6.07) is 37.8. The molecule has 0 radical (unpaired) electrons. The van der Waals surface area contributed by atoms with Crippen molar-refractivity contribution in [1.29, 1.82) is 0 Å². The highest BCUT2D eigenvalue weighted by molar-refractivity contribution is 5.57. The lowest BCUT2D eigenvalue weighted by Gasteiger charge is -2.37. The van der Waals surface area contributed by atoms with Gasteiger partial charge in [0.25, 0.3) is 0 Å². The number of nitrogens with zero attached hydrogens (tertiary/aromatic N) is 3. The molecule has 2 aliphatic rings. The summed E-state index contributed by atoms with van der Waals surface area (Å²) in [6.45, 7) is 8.13. The van der Waals surface area contributed by atoms with Crippen molar-refractivity contribution < 1.29 is 4.74 Å². The van der Waals surface area contributed by atoms with E-state index < -0.39 is 5.54 Å². The molecule has 1 aromatic heterocycles. The number of rotatable bonds is 5. The zero-order valence-electron chi connectivity index (χ0n) is 20.2. The molecule has 0 saturated heterocycles. The highest BCUT2D eigenvalue weighted by atomic mass is 16.5. The van der Waals surface area contributed by atoms with E-state index >= 15 is 0 Å². The van der Waals surface area contributed by atoms with E-state index in [0.717, 1.165) is 17.0 Å². The molecular weight excluding hydrogens is 454 g/mol. The average Bonchev–Trinajstić information content (AvgIpc) is 3.53. The van der Waals surface area contributed by atoms with Gasteiger partial charge in [-0.05, 0) is 34.4 Å². The molecule has 2 heterocycles. The SMILES string of the molecule is [C-]#[N+]c1ccc2c(c1)[C@@H]1[C@H](CO2)[C@H]1c1cn(C(c2ccccc2)(c2ccccc2)c2ccccc2)cn1. The molecule has 1 aliphatic heterocycles. The number of hydrogen-bond acceptors (Lipinski definition) is 2. The second-order valence-electron chi connectivity index (χ2n) is 9.87. The zero-order chi connectivity index (χ0) is 24.8. The van der Waals surface area contributed by atoms with E-state index in [4.69, 9.17) is 16.3 Å². The molecule has 37 heavy (non-hydrogen) atoms. The van der Waals surface area contributed by atoms with Crippen LogP contribution in [0.5, 0.6) is 5.75 Å². The molecule has 1 aliphatic carbocycles. The Hall–Kier alpha value is -4.62. The fourth-order valence-corrected chi connectivity index (χ4v) is 6.27. The maximum Gasteiger partial charge on any atom is 0.187 e. The van der Waals surface area contributed by atoms with Crippen molar-refractivity contribution in [2.45, 2.75) is 17.4 Å². The molecule has 5 aromatic rings. The molecule has 0 unspecified atom stereocenters. The first-order chi connectivity index (χ1) is 18.3. The molecule has 0 N–H and O–H groups in total. The van der Waals surface area contributed by atoms with Crippen LogP contribution >= 0.6 is 0 Å². The summed E-state index contributed by atoms with van der Waals surface area (Å²) in [5, 5.41) is 0. The van der Waals surface area contributed by atoms with E-state index in [1.807, 2.05) is 24.5 Å². The van der Waals surface area contributed by atoms with Gasteiger partial charge in [0, 0.05) is 24.0 Å². The molecule has 178 valence electrons. The molecular formula is C33H25N3O. The summed E-state index contributed by atoms with van der Waals surface area (Å²) in [7, 11) is 0. The molecule has 4 heteroatoms. The summed E-state index contributed by atoms with van der Waals surface area (Å²) in [5.41, 5.74) is 5.85. The van der Waals surface area contributed by atoms with Crippen molar-refractivity contribution in [2.75, 3.05) is 6.61 Å². The van der Waals surface area contributed by atoms with Crippen molar-refractivity contribution in [1.82, 2.24) is 9.55 Å². The number of fused-ring (bicyclic) bond motifs is 3. The van der Waals surface area contributed by atoms with E-state index in [1.165, 1.54) is 16.7 Å². The second-order valence-corrected chi connectivity index (χ2v) is 9.87. The number of hydrogen-bond donors (Lipinski definition) is 0. The zero-order valence-corrected chi connectivity index (χ0v) is 20.2. The quantitative estimate of drug-likeness (QED) is 0.198. The van der Waals surface area contributed by atoms with E-state index in [0.29, 0.717) is 24.1 Å². The Bertz CT molecular complexity index is 1510. The summed E-state index contributed by atoms with van der Waals surface area (Å²) >= 11 is 0. The monoisotopic (exact) mass is 479 g/mol. The summed E-state index contributed by atoms with van der Waals surface area (Å²) < 4.78 is 8.35. The van der Waals surface area contributed by atoms with Gasteiger partial charge >= 0.3 is 0 Å². The van der Waals surface area contributed by atoms with Crippen LogP contribution in [-0.4, -0.2) is 16.2 Å². The number of benzene rings is 4. The fourth-order valence-electron chi connectivity index (χ4n) is 6.27. The Morgan fingerprint density at radius 1 is 0.784 bits per heavy atom. The van der Waals surface area contributed by atoms with Gasteiger partial charge in [-0.15, -0.1) is 0 Å². The van der Waals surface area contributed by atoms with E-state index in [1.54, 1.807) is 0 Å². The minimum atomic E-state index is -0.569. The third kappa shape index (κ3) is 3.32. The van der Waals surface area contributed by atoms with Gasteiger partial charge in [0.1, 0.15) is 11.3 Å². The molecule has 4 nitrogen and oxygen atoms in total. The topological polar surface area (TPSA) is 31.4 Å². The maximum atomic E-state index is 7.44. The summed E-state index contributed by atoms with van der Waals surface area (Å²) in [6.07, 6.45) is 4.22. The average molecular weight is 480 g/mol. The van der Waals surface area contributed by atoms with Crippen LogP contribution in [0.4, 0.5) is 5.69 Å². The Morgan fingerprint density at radius 2 is 1.38 bits per heavy atom. The standard InChI is InChI=1S/C33H25N3O/c1-34-26-17-18-30-27(19-26)31-28(21-37-30)32(31)29-20-36(22-35-29)33(23-11-5-2-6-12-23,24-13-7-3-8-14-24)25-15-9-4-10-16-25/h2-20,22,28,31-32H,21H2/t28-,31+,32-/m0/s1. The Kier molecular flexibility index (Phi) is 4.97. The van der Waals surface area contributed by atoms with Crippen LogP contribution in [0.1, 0.15) is 39.8 Å². The molecule has 4 aromatic carbocycles. The van der Waals surface area contributed by atoms with E-state index in [9.17, 15) is 0 Å². The lowest BCUT2D eigenvalue weighted by Crippen LogP contribution is -2.36. The highest BCUT2D eigenvalue weighted by Gasteiger charge is 2.56. The predicted molar refractivity (Wildman–Crippen MR) is 144 cm³/mol. The lowest BCUT2D eigenvalue weighted by molar-refractivity contribution is 0.277. The van der Waals surface area contributed by atoms with Crippen LogP contribution in [0.2, 0.25) is 0 Å². The smallest absolute Gasteiger partial charge is 0.187 e. The minimum absolute atomic E-state index is 0.281. The van der Waals surface area contributed by atoms with Crippen molar-refractivity contribution in [3.05, 3.63) is 161 Å². The molecule has 7 rings (SSSR count). The first-order valence-electron chi connectivity index (χ1n) is 12.7. The van der Waals surface area contributed by atoms with Crippen LogP contribution < -0.4 is 4.74 Å². The molecule has 0 bridgehead atoms. The number of imidazole rings is 1. The molecule has 0 amide bonds. The Labute approximate surface area is 216 Å². The van der Waals surface area contributed by atoms with Crippen molar-refractivity contribution in [2.24, 2.45) is 5.92 Å². The third-order valence-electron chi connectivity index (χ3n) is 7.99. The van der Waals surface area contributed by atoms with Crippen molar-refractivity contribution >= 4 is 5.69 Å². The largest absolute Gasteiger partial charge is 0.493 e. The van der Waals surface area contributed by atoms with Crippen LogP contribution in [-0.2, 0) is 5.54 Å². The first kappa shape index (κ1) is 21.6.